The number of hydrogen-bond donors (Lipinski definition) is 1. The Hall–Kier alpha value is -1.88. The van der Waals surface area contributed by atoms with Crippen molar-refractivity contribution in [3.63, 3.8) is 0 Å². The molecule has 0 amide bonds. The molecule has 2 rings (SSSR count). The molecule has 0 radical (unpaired) electrons. The summed E-state index contributed by atoms with van der Waals surface area (Å²) in [5.74, 6) is -0.659. The van der Waals surface area contributed by atoms with Crippen molar-refractivity contribution in [2.75, 3.05) is 0 Å². The van der Waals surface area contributed by atoms with Crippen LogP contribution in [0.1, 0.15) is 5.56 Å². The van der Waals surface area contributed by atoms with Crippen molar-refractivity contribution in [1.29, 1.82) is 0 Å². The molecule has 0 aliphatic heterocycles. The fourth-order valence-corrected chi connectivity index (χ4v) is 1.47. The molecule has 5 nitrogen and oxygen atoms in total. The number of nitrogens with two attached hydrogens (primary N) is 1. The molecule has 1 aromatic heterocycles. The topological polar surface area (TPSA) is 78.2 Å². The molecule has 2 N–H and O–H groups in total. The van der Waals surface area contributed by atoms with E-state index in [0.29, 0.717) is 17.4 Å². The van der Waals surface area contributed by atoms with E-state index in [0.717, 1.165) is 5.56 Å². The maximum Gasteiger partial charge on any atom is 0.422 e. The van der Waals surface area contributed by atoms with Gasteiger partial charge in [-0.1, -0.05) is 6.07 Å². The third kappa shape index (κ3) is 1.46. The van der Waals surface area contributed by atoms with Crippen LogP contribution in [0.3, 0.4) is 0 Å². The minimum absolute atomic E-state index is 0.345. The maximum atomic E-state index is 11.4. The number of fused-ring (bicyclic) bond motifs is 1. The van der Waals surface area contributed by atoms with E-state index in [4.69, 9.17) is 5.73 Å². The van der Waals surface area contributed by atoms with Crippen molar-refractivity contribution in [1.82, 2.24) is 4.57 Å². The van der Waals surface area contributed by atoms with Gasteiger partial charge in [-0.25, -0.2) is 9.59 Å². The average Bonchev–Trinajstić information content (AvgIpc) is 2.25. The van der Waals surface area contributed by atoms with Gasteiger partial charge in [-0.2, -0.15) is 0 Å². The summed E-state index contributed by atoms with van der Waals surface area (Å²) in [4.78, 5) is 22.6. The smallest absolute Gasteiger partial charge is 0.372 e. The van der Waals surface area contributed by atoms with E-state index < -0.39 is 11.4 Å². The highest BCUT2D eigenvalue weighted by Gasteiger charge is 2.06. The normalized spacial score (nSPS) is 10.8. The quantitative estimate of drug-likeness (QED) is 0.709. The molecule has 78 valence electrons. The number of aryl methyl sites for hydroxylation is 1. The van der Waals surface area contributed by atoms with Crippen molar-refractivity contribution in [2.24, 2.45) is 12.8 Å². The van der Waals surface area contributed by atoms with E-state index in [1.165, 1.54) is 4.57 Å². The molecule has 0 bridgehead atoms. The van der Waals surface area contributed by atoms with Gasteiger partial charge in [-0.05, 0) is 17.7 Å². The summed E-state index contributed by atoms with van der Waals surface area (Å²) in [7, 11) is 1.55. The molecule has 2 aromatic rings. The number of benzene rings is 1. The standard InChI is InChI=1S/C10H10N2O3/c1-12-8-3-2-6(5-11)4-7(8)9(13)15-10(12)14/h2-4H,5,11H2,1H3. The van der Waals surface area contributed by atoms with Crippen LogP contribution >= 0.6 is 0 Å². The van der Waals surface area contributed by atoms with E-state index in [1.54, 1.807) is 25.2 Å². The molecule has 0 unspecified atom stereocenters. The van der Waals surface area contributed by atoms with E-state index in [1.807, 2.05) is 0 Å². The first-order chi connectivity index (χ1) is 7.13. The van der Waals surface area contributed by atoms with Crippen LogP contribution < -0.4 is 17.1 Å². The van der Waals surface area contributed by atoms with Gasteiger partial charge in [0.25, 0.3) is 0 Å². The molecular weight excluding hydrogens is 196 g/mol. The molecule has 0 fully saturated rings. The van der Waals surface area contributed by atoms with Crippen LogP contribution in [0.5, 0.6) is 0 Å². The zero-order valence-corrected chi connectivity index (χ0v) is 8.19. The Morgan fingerprint density at radius 1 is 1.40 bits per heavy atom. The highest BCUT2D eigenvalue weighted by molar-refractivity contribution is 5.78. The average molecular weight is 206 g/mol. The lowest BCUT2D eigenvalue weighted by molar-refractivity contribution is 0.433. The second-order valence-corrected chi connectivity index (χ2v) is 3.27. The van der Waals surface area contributed by atoms with Crippen LogP contribution in [0.2, 0.25) is 0 Å². The van der Waals surface area contributed by atoms with E-state index >= 15 is 0 Å². The van der Waals surface area contributed by atoms with Gasteiger partial charge in [0.1, 0.15) is 0 Å². The van der Waals surface area contributed by atoms with E-state index in [9.17, 15) is 9.59 Å². The monoisotopic (exact) mass is 206 g/mol. The van der Waals surface area contributed by atoms with Crippen LogP contribution in [0, 0.1) is 0 Å². The van der Waals surface area contributed by atoms with Crippen molar-refractivity contribution in [2.45, 2.75) is 6.54 Å². The Kier molecular flexibility index (Phi) is 2.17. The number of hydrogen-bond acceptors (Lipinski definition) is 4. The van der Waals surface area contributed by atoms with E-state index in [-0.39, 0.29) is 0 Å². The molecule has 0 atom stereocenters. The minimum atomic E-state index is -0.659. The largest absolute Gasteiger partial charge is 0.422 e. The van der Waals surface area contributed by atoms with Gasteiger partial charge in [0.05, 0.1) is 10.9 Å². The Bertz CT molecular complexity index is 625. The predicted molar refractivity (Wildman–Crippen MR) is 55.6 cm³/mol. The van der Waals surface area contributed by atoms with Crippen LogP contribution in [0.25, 0.3) is 10.9 Å². The van der Waals surface area contributed by atoms with Crippen LogP contribution in [0.15, 0.2) is 32.2 Å². The predicted octanol–water partition coefficient (Wildman–Crippen LogP) is -0.0496. The minimum Gasteiger partial charge on any atom is -0.372 e. The summed E-state index contributed by atoms with van der Waals surface area (Å²) in [6.07, 6.45) is 0. The lowest BCUT2D eigenvalue weighted by Gasteiger charge is -2.03. The lowest BCUT2D eigenvalue weighted by Crippen LogP contribution is -2.22. The maximum absolute atomic E-state index is 11.4. The van der Waals surface area contributed by atoms with Gasteiger partial charge in [-0.3, -0.25) is 4.57 Å². The Morgan fingerprint density at radius 2 is 2.13 bits per heavy atom. The molecule has 0 saturated carbocycles. The van der Waals surface area contributed by atoms with Crippen molar-refractivity contribution < 1.29 is 4.42 Å². The van der Waals surface area contributed by atoms with Crippen molar-refractivity contribution in [3.05, 3.63) is 44.7 Å². The summed E-state index contributed by atoms with van der Waals surface area (Å²) in [6, 6.07) is 5.11. The highest BCUT2D eigenvalue weighted by atomic mass is 16.4. The molecule has 0 saturated heterocycles. The molecule has 1 aromatic carbocycles. The molecule has 0 aliphatic carbocycles. The van der Waals surface area contributed by atoms with Gasteiger partial charge in [0.2, 0.25) is 0 Å². The fraction of sp³-hybridized carbons (Fsp3) is 0.200. The third-order valence-corrected chi connectivity index (χ3v) is 2.33. The lowest BCUT2D eigenvalue weighted by atomic mass is 10.1. The first-order valence-corrected chi connectivity index (χ1v) is 4.46. The number of aromatic nitrogens is 1. The van der Waals surface area contributed by atoms with Crippen LogP contribution in [0.4, 0.5) is 0 Å². The SMILES string of the molecule is Cn1c(=O)oc(=O)c2cc(CN)ccc21. The zero-order valence-electron chi connectivity index (χ0n) is 8.19. The number of rotatable bonds is 1. The Balaban J connectivity index is 2.96. The summed E-state index contributed by atoms with van der Waals surface area (Å²) >= 11 is 0. The first kappa shape index (κ1) is 9.67. The third-order valence-electron chi connectivity index (χ3n) is 2.33. The molecule has 0 aliphatic rings. The van der Waals surface area contributed by atoms with Gasteiger partial charge < -0.3 is 10.2 Å². The zero-order chi connectivity index (χ0) is 11.0. The summed E-state index contributed by atoms with van der Waals surface area (Å²) < 4.78 is 5.82. The van der Waals surface area contributed by atoms with Gasteiger partial charge in [0.15, 0.2) is 0 Å². The van der Waals surface area contributed by atoms with E-state index in [2.05, 4.69) is 4.42 Å². The molecule has 15 heavy (non-hydrogen) atoms. The molecule has 0 spiro atoms. The summed E-state index contributed by atoms with van der Waals surface area (Å²) in [5, 5.41) is 0.375. The van der Waals surface area contributed by atoms with Gasteiger partial charge in [0, 0.05) is 13.6 Å². The summed E-state index contributed by atoms with van der Waals surface area (Å²) in [5.41, 5.74) is 6.21. The molecule has 5 heteroatoms. The summed E-state index contributed by atoms with van der Waals surface area (Å²) in [6.45, 7) is 0.345. The number of nitrogens with zero attached hydrogens (tertiary/aromatic N) is 1. The Morgan fingerprint density at radius 3 is 2.80 bits per heavy atom. The van der Waals surface area contributed by atoms with Crippen molar-refractivity contribution in [3.8, 4) is 0 Å². The van der Waals surface area contributed by atoms with Crippen LogP contribution in [-0.2, 0) is 13.6 Å². The second kappa shape index (κ2) is 3.36. The highest BCUT2D eigenvalue weighted by Crippen LogP contribution is 2.09. The first-order valence-electron chi connectivity index (χ1n) is 4.46. The Labute approximate surface area is 84.7 Å². The second-order valence-electron chi connectivity index (χ2n) is 3.27. The molecular formula is C10H10N2O3. The van der Waals surface area contributed by atoms with Gasteiger partial charge in [-0.15, -0.1) is 0 Å². The van der Waals surface area contributed by atoms with Crippen molar-refractivity contribution >= 4 is 10.9 Å². The van der Waals surface area contributed by atoms with Gasteiger partial charge >= 0.3 is 11.4 Å². The fourth-order valence-electron chi connectivity index (χ4n) is 1.47. The molecule has 1 heterocycles. The van der Waals surface area contributed by atoms with Crippen LogP contribution in [-0.4, -0.2) is 4.57 Å².